The van der Waals surface area contributed by atoms with Gasteiger partial charge in [0.05, 0.1) is 19.8 Å². The predicted octanol–water partition coefficient (Wildman–Crippen LogP) is 0.764. The summed E-state index contributed by atoms with van der Waals surface area (Å²) in [5, 5.41) is 41.6. The lowest BCUT2D eigenvalue weighted by Gasteiger charge is -2.39. The van der Waals surface area contributed by atoms with Gasteiger partial charge in [0.2, 0.25) is 0 Å². The van der Waals surface area contributed by atoms with Gasteiger partial charge in [0.15, 0.2) is 12.0 Å². The van der Waals surface area contributed by atoms with Gasteiger partial charge in [-0.25, -0.2) is 0 Å². The van der Waals surface area contributed by atoms with Gasteiger partial charge in [-0.2, -0.15) is 11.8 Å². The minimum absolute atomic E-state index is 0.133. The Morgan fingerprint density at radius 3 is 2.26 bits per heavy atom. The number of thioether (sulfide) groups is 1. The quantitative estimate of drug-likeness (QED) is 0.130. The maximum absolute atomic E-state index is 11.8. The molecule has 5 N–H and O–H groups in total. The van der Waals surface area contributed by atoms with Crippen molar-refractivity contribution in [3.8, 4) is 5.75 Å². The van der Waals surface area contributed by atoms with Crippen LogP contribution in [0.4, 0.5) is 5.69 Å². The maximum Gasteiger partial charge on any atom is 0.272 e. The number of aliphatic hydroxyl groups is 4. The zero-order valence-electron chi connectivity index (χ0n) is 20.5. The summed E-state index contributed by atoms with van der Waals surface area (Å²) in [5.41, 5.74) is -0.882. The second-order valence-corrected chi connectivity index (χ2v) is 10.0. The molecule has 1 aliphatic heterocycles. The molecule has 0 unspecified atom stereocenters. The topological polar surface area (TPSA) is 155 Å². The summed E-state index contributed by atoms with van der Waals surface area (Å²) in [7, 11) is 0. The van der Waals surface area contributed by atoms with E-state index in [0.717, 1.165) is 19.3 Å². The van der Waals surface area contributed by atoms with Gasteiger partial charge in [-0.3, -0.25) is 9.59 Å². The molecule has 1 fully saturated rings. The third-order valence-electron chi connectivity index (χ3n) is 6.02. The van der Waals surface area contributed by atoms with Gasteiger partial charge in [0.1, 0.15) is 30.1 Å². The maximum atomic E-state index is 11.8. The van der Waals surface area contributed by atoms with Crippen molar-refractivity contribution in [1.29, 1.82) is 0 Å². The Morgan fingerprint density at radius 1 is 0.886 bits per heavy atom. The lowest BCUT2D eigenvalue weighted by atomic mass is 9.99. The van der Waals surface area contributed by atoms with Crippen LogP contribution in [0.5, 0.6) is 5.75 Å². The first-order valence-electron chi connectivity index (χ1n) is 12.6. The summed E-state index contributed by atoms with van der Waals surface area (Å²) in [5.74, 6) is 1.31. The molecule has 11 heteroatoms. The fourth-order valence-electron chi connectivity index (χ4n) is 3.86. The van der Waals surface area contributed by atoms with Crippen molar-refractivity contribution < 1.29 is 34.6 Å². The fourth-order valence-corrected chi connectivity index (χ4v) is 4.52. The normalized spacial score (nSPS) is 24.7. The largest absolute Gasteiger partial charge is 0.487 e. The molecule has 1 saturated heterocycles. The number of rotatable bonds is 19. The Labute approximate surface area is 210 Å². The van der Waals surface area contributed by atoms with E-state index in [4.69, 9.17) is 14.2 Å². The Hall–Kier alpha value is -1.21. The Morgan fingerprint density at radius 2 is 1.57 bits per heavy atom. The summed E-state index contributed by atoms with van der Waals surface area (Å²) in [6, 6.07) is 0. The van der Waals surface area contributed by atoms with Gasteiger partial charge in [-0.05, 0) is 6.42 Å². The summed E-state index contributed by atoms with van der Waals surface area (Å²) < 4.78 is 16.3. The van der Waals surface area contributed by atoms with E-state index < -0.39 is 48.2 Å². The molecule has 35 heavy (non-hydrogen) atoms. The average molecular weight is 520 g/mol. The highest BCUT2D eigenvalue weighted by Gasteiger charge is 2.43. The Kier molecular flexibility index (Phi) is 14.2. The number of aliphatic hydroxyl groups excluding tert-OH is 4. The highest BCUT2D eigenvalue weighted by molar-refractivity contribution is 7.99. The first-order valence-corrected chi connectivity index (χ1v) is 13.8. The smallest absolute Gasteiger partial charge is 0.272 e. The van der Waals surface area contributed by atoms with E-state index in [2.05, 4.69) is 12.2 Å². The average Bonchev–Trinajstić information content (AvgIpc) is 2.87. The van der Waals surface area contributed by atoms with Crippen LogP contribution in [-0.2, 0) is 9.47 Å². The van der Waals surface area contributed by atoms with Crippen molar-refractivity contribution >= 4 is 17.4 Å². The van der Waals surface area contributed by atoms with Gasteiger partial charge in [0, 0.05) is 18.1 Å². The number of ether oxygens (including phenoxy) is 3. The summed E-state index contributed by atoms with van der Waals surface area (Å²) >= 11 is 1.52. The van der Waals surface area contributed by atoms with Crippen molar-refractivity contribution in [2.45, 2.75) is 89.0 Å². The molecular weight excluding hydrogens is 478 g/mol. The van der Waals surface area contributed by atoms with Crippen molar-refractivity contribution in [2.75, 3.05) is 43.2 Å². The molecule has 0 bridgehead atoms. The second-order valence-electron chi connectivity index (χ2n) is 8.79. The van der Waals surface area contributed by atoms with Crippen LogP contribution in [0.25, 0.3) is 0 Å². The van der Waals surface area contributed by atoms with Crippen LogP contribution in [-0.4, -0.2) is 89.0 Å². The van der Waals surface area contributed by atoms with Crippen LogP contribution in [0.1, 0.15) is 58.3 Å². The summed E-state index contributed by atoms with van der Waals surface area (Å²) in [6.07, 6.45) is 2.91. The molecule has 0 aliphatic carbocycles. The van der Waals surface area contributed by atoms with Crippen LogP contribution in [0, 0.1) is 0 Å². The second kappa shape index (κ2) is 16.5. The first kappa shape index (κ1) is 30.0. The number of anilines is 1. The standard InChI is InChI=1S/C24H41NO9S/c1-2-3-4-5-6-7-8-9-11-32-23-17(19(28)21(23)30)25-10-13-35-14-12-33-24-22(31)20(29)18(27)16(15-26)34-24/h16,18,20,22,24-27,29,31H,2-15H2,1H3/t16-,18-,20+,22+,24+/m1/s1. The first-order chi connectivity index (χ1) is 16.9. The lowest BCUT2D eigenvalue weighted by molar-refractivity contribution is -0.299. The van der Waals surface area contributed by atoms with Crippen molar-refractivity contribution in [2.24, 2.45) is 0 Å². The molecule has 0 saturated carbocycles. The van der Waals surface area contributed by atoms with E-state index in [9.17, 15) is 30.0 Å². The van der Waals surface area contributed by atoms with Crippen molar-refractivity contribution in [3.63, 3.8) is 0 Å². The number of nitrogens with one attached hydrogen (secondary N) is 1. The Balaban J connectivity index is 1.56. The molecule has 1 aliphatic rings. The monoisotopic (exact) mass is 519 g/mol. The van der Waals surface area contributed by atoms with Gasteiger partial charge < -0.3 is 40.0 Å². The van der Waals surface area contributed by atoms with Crippen LogP contribution >= 0.6 is 11.8 Å². The minimum atomic E-state index is -1.47. The fraction of sp³-hybridized carbons (Fsp3) is 0.833. The summed E-state index contributed by atoms with van der Waals surface area (Å²) in [4.78, 5) is 23.6. The van der Waals surface area contributed by atoms with Gasteiger partial charge in [-0.1, -0.05) is 51.9 Å². The Bertz CT molecular complexity index is 783. The molecule has 0 spiro atoms. The van der Waals surface area contributed by atoms with E-state index >= 15 is 0 Å². The van der Waals surface area contributed by atoms with Gasteiger partial charge in [-0.15, -0.1) is 0 Å². The number of hydrogen-bond donors (Lipinski definition) is 5. The molecule has 0 aromatic heterocycles. The van der Waals surface area contributed by atoms with E-state index in [1.165, 1.54) is 43.9 Å². The van der Waals surface area contributed by atoms with Gasteiger partial charge in [0.25, 0.3) is 10.9 Å². The highest BCUT2D eigenvalue weighted by Crippen LogP contribution is 2.22. The minimum Gasteiger partial charge on any atom is -0.487 e. The van der Waals surface area contributed by atoms with E-state index in [-0.39, 0.29) is 18.0 Å². The SMILES string of the molecule is CCCCCCCCCCOc1c(NCCSCCO[C@H]2O[C@H](CO)[C@@H](O)[C@H](O)[C@@H]2O)c(=O)c1=O. The predicted molar refractivity (Wildman–Crippen MR) is 135 cm³/mol. The lowest BCUT2D eigenvalue weighted by Crippen LogP contribution is -2.59. The van der Waals surface area contributed by atoms with Crippen molar-refractivity contribution in [3.05, 3.63) is 20.4 Å². The molecule has 202 valence electrons. The van der Waals surface area contributed by atoms with Crippen LogP contribution in [0.2, 0.25) is 0 Å². The molecule has 0 radical (unpaired) electrons. The van der Waals surface area contributed by atoms with Crippen molar-refractivity contribution in [1.82, 2.24) is 0 Å². The van der Waals surface area contributed by atoms with E-state index in [0.29, 0.717) is 24.7 Å². The molecule has 0 amide bonds. The van der Waals surface area contributed by atoms with Crippen LogP contribution < -0.4 is 20.9 Å². The third-order valence-corrected chi connectivity index (χ3v) is 6.97. The zero-order chi connectivity index (χ0) is 25.6. The molecule has 1 aromatic rings. The number of hydrogen-bond acceptors (Lipinski definition) is 11. The van der Waals surface area contributed by atoms with Crippen LogP contribution in [0.15, 0.2) is 9.59 Å². The molecule has 10 nitrogen and oxygen atoms in total. The van der Waals surface area contributed by atoms with Crippen LogP contribution in [0.3, 0.4) is 0 Å². The highest BCUT2D eigenvalue weighted by atomic mass is 32.2. The van der Waals surface area contributed by atoms with E-state index in [1.54, 1.807) is 0 Å². The van der Waals surface area contributed by atoms with Gasteiger partial charge >= 0.3 is 0 Å². The molecule has 2 rings (SSSR count). The van der Waals surface area contributed by atoms with E-state index in [1.807, 2.05) is 0 Å². The molecule has 1 aromatic carbocycles. The number of unbranched alkanes of at least 4 members (excludes halogenated alkanes) is 7. The molecule has 1 heterocycles. The molecular formula is C24H41NO9S. The molecule has 5 atom stereocenters. The third kappa shape index (κ3) is 9.31. The zero-order valence-corrected chi connectivity index (χ0v) is 21.3. The summed E-state index contributed by atoms with van der Waals surface area (Å²) in [6.45, 7) is 2.79.